The van der Waals surface area contributed by atoms with Crippen LogP contribution in [0.25, 0.3) is 10.9 Å². The number of nitrogens with one attached hydrogen (secondary N) is 1. The first-order valence-electron chi connectivity index (χ1n) is 7.99. The molecule has 1 N–H and O–H groups in total. The molecule has 0 aliphatic rings. The highest BCUT2D eigenvalue weighted by Gasteiger charge is 2.23. The van der Waals surface area contributed by atoms with Gasteiger partial charge in [0.25, 0.3) is 0 Å². The van der Waals surface area contributed by atoms with Crippen LogP contribution < -0.4 is 0 Å². The number of aromatic amines is 1. The number of fused-ring (bicyclic) bond motifs is 1. The van der Waals surface area contributed by atoms with Crippen LogP contribution in [0.3, 0.4) is 0 Å². The maximum absolute atomic E-state index is 12.9. The van der Waals surface area contributed by atoms with Gasteiger partial charge in [-0.1, -0.05) is 24.3 Å². The fourth-order valence-corrected chi connectivity index (χ4v) is 4.02. The summed E-state index contributed by atoms with van der Waals surface area (Å²) in [6, 6.07) is 13.7. The molecule has 0 spiro atoms. The molecule has 0 saturated heterocycles. The van der Waals surface area contributed by atoms with E-state index in [2.05, 4.69) is 14.9 Å². The van der Waals surface area contributed by atoms with Crippen molar-refractivity contribution in [2.75, 3.05) is 20.7 Å². The number of rotatable bonds is 5. The molecule has 0 fully saturated rings. The summed E-state index contributed by atoms with van der Waals surface area (Å²) in [5.74, 6) is 0. The summed E-state index contributed by atoms with van der Waals surface area (Å²) < 4.78 is 30.4. The molecule has 0 unspecified atom stereocenters. The number of amides is 1. The lowest BCUT2D eigenvalue weighted by atomic mass is 10.1. The summed E-state index contributed by atoms with van der Waals surface area (Å²) in [4.78, 5) is 13.1. The number of H-pyrrole nitrogens is 1. The quantitative estimate of drug-likeness (QED) is 0.742. The number of benzene rings is 2. The Morgan fingerprint density at radius 3 is 2.62 bits per heavy atom. The number of nitrogens with zero attached hydrogens (tertiary/aromatic N) is 2. The highest BCUT2D eigenvalue weighted by Crippen LogP contribution is 2.27. The van der Waals surface area contributed by atoms with Crippen LogP contribution in [0.5, 0.6) is 0 Å². The maximum atomic E-state index is 12.9. The Kier molecular flexibility index (Phi) is 4.94. The van der Waals surface area contributed by atoms with Gasteiger partial charge in [0.2, 0.25) is 9.84 Å². The van der Waals surface area contributed by atoms with Gasteiger partial charge in [-0.3, -0.25) is 5.10 Å². The molecule has 0 saturated carbocycles. The van der Waals surface area contributed by atoms with Gasteiger partial charge in [-0.25, -0.2) is 13.2 Å². The van der Waals surface area contributed by atoms with Gasteiger partial charge in [0.15, 0.2) is 5.03 Å². The number of hydrogen-bond acceptors (Lipinski definition) is 5. The van der Waals surface area contributed by atoms with E-state index in [9.17, 15) is 13.2 Å². The molecular formula is C18H19N3O4S. The van der Waals surface area contributed by atoms with Crippen LogP contribution in [-0.4, -0.2) is 50.3 Å². The number of carbonyl (C=O) groups is 1. The summed E-state index contributed by atoms with van der Waals surface area (Å²) in [7, 11) is -0.738. The van der Waals surface area contributed by atoms with Crippen molar-refractivity contribution in [1.29, 1.82) is 0 Å². The first-order valence-corrected chi connectivity index (χ1v) is 9.48. The average Bonchev–Trinajstić information content (AvgIpc) is 3.10. The normalized spacial score (nSPS) is 11.5. The van der Waals surface area contributed by atoms with Crippen LogP contribution in [0.4, 0.5) is 4.79 Å². The fourth-order valence-electron chi connectivity index (χ4n) is 2.65. The van der Waals surface area contributed by atoms with E-state index in [4.69, 9.17) is 0 Å². The SMILES string of the molecule is COC(=O)N(C)CCc1ccc2[nH]nc(S(=O)(=O)c3ccccc3)c2c1. The van der Waals surface area contributed by atoms with Crippen molar-refractivity contribution in [2.24, 2.45) is 0 Å². The molecule has 8 heteroatoms. The molecule has 1 heterocycles. The van der Waals surface area contributed by atoms with E-state index < -0.39 is 15.9 Å². The zero-order valence-electron chi connectivity index (χ0n) is 14.5. The molecule has 2 aromatic carbocycles. The predicted octanol–water partition coefficient (Wildman–Crippen LogP) is 2.64. The lowest BCUT2D eigenvalue weighted by Crippen LogP contribution is -2.28. The molecule has 1 amide bonds. The minimum atomic E-state index is -3.71. The van der Waals surface area contributed by atoms with Crippen molar-refractivity contribution >= 4 is 26.8 Å². The monoisotopic (exact) mass is 373 g/mol. The van der Waals surface area contributed by atoms with Gasteiger partial charge in [-0.15, -0.1) is 0 Å². The van der Waals surface area contributed by atoms with E-state index in [1.807, 2.05) is 6.07 Å². The first-order chi connectivity index (χ1) is 12.4. The number of ether oxygens (including phenoxy) is 1. The van der Waals surface area contributed by atoms with Crippen molar-refractivity contribution in [3.05, 3.63) is 54.1 Å². The lowest BCUT2D eigenvalue weighted by Gasteiger charge is -2.15. The molecule has 3 aromatic rings. The molecule has 26 heavy (non-hydrogen) atoms. The van der Waals surface area contributed by atoms with Crippen molar-refractivity contribution in [2.45, 2.75) is 16.3 Å². The van der Waals surface area contributed by atoms with Crippen molar-refractivity contribution in [3.63, 3.8) is 0 Å². The second kappa shape index (κ2) is 7.17. The average molecular weight is 373 g/mol. The molecule has 0 radical (unpaired) electrons. The third-order valence-corrected chi connectivity index (χ3v) is 5.84. The molecule has 1 aromatic heterocycles. The van der Waals surface area contributed by atoms with Crippen LogP contribution in [0.2, 0.25) is 0 Å². The standard InChI is InChI=1S/C18H19N3O4S/c1-21(18(22)25-2)11-10-13-8-9-16-15(12-13)17(20-19-16)26(23,24)14-6-4-3-5-7-14/h3-9,12H,10-11H2,1-2H3,(H,19,20). The van der Waals surface area contributed by atoms with Gasteiger partial charge in [0.05, 0.1) is 17.5 Å². The summed E-state index contributed by atoms with van der Waals surface area (Å²) >= 11 is 0. The second-order valence-corrected chi connectivity index (χ2v) is 7.73. The summed E-state index contributed by atoms with van der Waals surface area (Å²) in [6.07, 6.45) is 0.152. The first kappa shape index (κ1) is 17.9. The molecule has 7 nitrogen and oxygen atoms in total. The third kappa shape index (κ3) is 3.41. The number of hydrogen-bond donors (Lipinski definition) is 1. The van der Waals surface area contributed by atoms with Crippen LogP contribution >= 0.6 is 0 Å². The molecule has 0 aliphatic heterocycles. The van der Waals surface area contributed by atoms with Crippen LogP contribution in [0.15, 0.2) is 58.5 Å². The Hall–Kier alpha value is -2.87. The van der Waals surface area contributed by atoms with Gasteiger partial charge < -0.3 is 9.64 Å². The number of methoxy groups -OCH3 is 1. The molecule has 136 valence electrons. The summed E-state index contributed by atoms with van der Waals surface area (Å²) in [6.45, 7) is 0.455. The van der Waals surface area contributed by atoms with Crippen molar-refractivity contribution < 1.29 is 17.9 Å². The van der Waals surface area contributed by atoms with Gasteiger partial charge in [-0.05, 0) is 36.2 Å². The number of sulfone groups is 1. The van der Waals surface area contributed by atoms with Crippen molar-refractivity contribution in [3.8, 4) is 0 Å². The molecular weight excluding hydrogens is 354 g/mol. The number of likely N-dealkylation sites (N-methyl/N-ethyl adjacent to an activating group) is 1. The van der Waals surface area contributed by atoms with Crippen LogP contribution in [0.1, 0.15) is 5.56 Å². The maximum Gasteiger partial charge on any atom is 0.409 e. The third-order valence-electron chi connectivity index (χ3n) is 4.12. The van der Waals surface area contributed by atoms with Gasteiger partial charge in [0, 0.05) is 19.0 Å². The second-order valence-electron chi connectivity index (χ2n) is 5.87. The molecule has 0 bridgehead atoms. The largest absolute Gasteiger partial charge is 0.453 e. The van der Waals surface area contributed by atoms with Crippen LogP contribution in [0, 0.1) is 0 Å². The molecule has 0 atom stereocenters. The Bertz CT molecular complexity index is 1030. The highest BCUT2D eigenvalue weighted by atomic mass is 32.2. The van der Waals surface area contributed by atoms with Crippen LogP contribution in [-0.2, 0) is 21.0 Å². The number of carbonyl (C=O) groups excluding carboxylic acids is 1. The summed E-state index contributed by atoms with van der Waals surface area (Å²) in [5.41, 5.74) is 1.55. The topological polar surface area (TPSA) is 92.4 Å². The Morgan fingerprint density at radius 2 is 1.92 bits per heavy atom. The minimum absolute atomic E-state index is 0.00173. The van der Waals surface area contributed by atoms with Crippen molar-refractivity contribution in [1.82, 2.24) is 15.1 Å². The Morgan fingerprint density at radius 1 is 1.19 bits per heavy atom. The molecule has 0 aliphatic carbocycles. The lowest BCUT2D eigenvalue weighted by molar-refractivity contribution is 0.134. The Balaban J connectivity index is 1.93. The van der Waals surface area contributed by atoms with Gasteiger partial charge in [-0.2, -0.15) is 5.10 Å². The smallest absolute Gasteiger partial charge is 0.409 e. The Labute approximate surface area is 151 Å². The van der Waals surface area contributed by atoms with E-state index in [0.29, 0.717) is 23.9 Å². The van der Waals surface area contributed by atoms with E-state index in [0.717, 1.165) is 5.56 Å². The van der Waals surface area contributed by atoms with E-state index in [1.54, 1.807) is 49.5 Å². The zero-order valence-corrected chi connectivity index (χ0v) is 15.3. The van der Waals surface area contributed by atoms with Gasteiger partial charge in [0.1, 0.15) is 0 Å². The zero-order chi connectivity index (χ0) is 18.7. The van der Waals surface area contributed by atoms with Gasteiger partial charge >= 0.3 is 6.09 Å². The summed E-state index contributed by atoms with van der Waals surface area (Å²) in [5, 5.41) is 7.33. The van der Waals surface area contributed by atoms with E-state index in [1.165, 1.54) is 12.0 Å². The van der Waals surface area contributed by atoms with E-state index >= 15 is 0 Å². The predicted molar refractivity (Wildman–Crippen MR) is 96.7 cm³/mol. The fraction of sp³-hybridized carbons (Fsp3) is 0.222. The minimum Gasteiger partial charge on any atom is -0.453 e. The van der Waals surface area contributed by atoms with E-state index in [-0.39, 0.29) is 9.92 Å². The molecule has 3 rings (SSSR count). The number of aromatic nitrogens is 2. The highest BCUT2D eigenvalue weighted by molar-refractivity contribution is 7.91.